The van der Waals surface area contributed by atoms with Crippen molar-refractivity contribution >= 4 is 17.6 Å². The molecule has 1 aromatic carbocycles. The Morgan fingerprint density at radius 3 is 2.18 bits per heavy atom. The molecule has 6 rings (SSSR count). The Balaban J connectivity index is 1.26. The van der Waals surface area contributed by atoms with Gasteiger partial charge in [0.2, 0.25) is 5.91 Å². The monoisotopic (exact) mass is 449 g/mol. The molecule has 1 heterocycles. The van der Waals surface area contributed by atoms with Crippen molar-refractivity contribution < 1.29 is 14.7 Å². The summed E-state index contributed by atoms with van der Waals surface area (Å²) in [5, 5.41) is 17.2. The van der Waals surface area contributed by atoms with Gasteiger partial charge in [-0.25, -0.2) is 0 Å². The van der Waals surface area contributed by atoms with Crippen LogP contribution in [0.2, 0.25) is 0 Å². The number of anilines is 1. The number of carbonyl (C=O) groups is 2. The predicted octanol–water partition coefficient (Wildman–Crippen LogP) is 4.69. The lowest BCUT2D eigenvalue weighted by atomic mass is 9.51. The SMILES string of the molecule is CCc1nn(Cc2ccc(NC(=O)C3C4CC5CC(C4)CC3C5)cc2)c(CC)c1CC(=O)O. The Hall–Kier alpha value is -2.63. The van der Waals surface area contributed by atoms with E-state index in [1.54, 1.807) is 0 Å². The number of aryl methyl sites for hydroxylation is 1. The maximum absolute atomic E-state index is 13.2. The van der Waals surface area contributed by atoms with Crippen molar-refractivity contribution in [1.29, 1.82) is 0 Å². The molecule has 1 aromatic heterocycles. The summed E-state index contributed by atoms with van der Waals surface area (Å²) < 4.78 is 1.94. The van der Waals surface area contributed by atoms with Crippen LogP contribution < -0.4 is 5.32 Å². The number of aliphatic carboxylic acids is 1. The minimum absolute atomic E-state index is 0.0158. The Labute approximate surface area is 195 Å². The van der Waals surface area contributed by atoms with E-state index in [-0.39, 0.29) is 18.2 Å². The number of hydrogen-bond acceptors (Lipinski definition) is 3. The van der Waals surface area contributed by atoms with Gasteiger partial charge < -0.3 is 10.4 Å². The topological polar surface area (TPSA) is 84.2 Å². The lowest BCUT2D eigenvalue weighted by Crippen LogP contribution is -2.49. The summed E-state index contributed by atoms with van der Waals surface area (Å²) in [4.78, 5) is 24.5. The molecule has 4 fully saturated rings. The first-order valence-electron chi connectivity index (χ1n) is 12.6. The highest BCUT2D eigenvalue weighted by molar-refractivity contribution is 5.93. The fourth-order valence-corrected chi connectivity index (χ4v) is 7.20. The summed E-state index contributed by atoms with van der Waals surface area (Å²) in [5.41, 5.74) is 4.66. The van der Waals surface area contributed by atoms with Crippen molar-refractivity contribution in [3.05, 3.63) is 46.8 Å². The maximum atomic E-state index is 13.2. The molecule has 0 spiro atoms. The molecule has 4 bridgehead atoms. The van der Waals surface area contributed by atoms with E-state index in [0.29, 0.717) is 18.4 Å². The predicted molar refractivity (Wildman–Crippen MR) is 127 cm³/mol. The second kappa shape index (κ2) is 8.96. The smallest absolute Gasteiger partial charge is 0.307 e. The normalized spacial score (nSPS) is 27.6. The number of carboxylic acids is 1. The summed E-state index contributed by atoms with van der Waals surface area (Å²) in [6.07, 6.45) is 7.87. The van der Waals surface area contributed by atoms with E-state index in [1.807, 2.05) is 42.8 Å². The van der Waals surface area contributed by atoms with Gasteiger partial charge >= 0.3 is 5.97 Å². The molecule has 0 unspecified atom stereocenters. The van der Waals surface area contributed by atoms with Gasteiger partial charge in [0.1, 0.15) is 0 Å². The van der Waals surface area contributed by atoms with Crippen LogP contribution in [0.4, 0.5) is 5.69 Å². The third-order valence-electron chi connectivity index (χ3n) is 8.33. The van der Waals surface area contributed by atoms with Crippen LogP contribution in [-0.2, 0) is 35.4 Å². The van der Waals surface area contributed by atoms with Crippen molar-refractivity contribution in [2.75, 3.05) is 5.32 Å². The molecular weight excluding hydrogens is 414 g/mol. The number of nitrogens with zero attached hydrogens (tertiary/aromatic N) is 2. The summed E-state index contributed by atoms with van der Waals surface area (Å²) >= 11 is 0. The molecular formula is C27H35N3O3. The molecule has 33 heavy (non-hydrogen) atoms. The highest BCUT2D eigenvalue weighted by Gasteiger charge is 2.50. The first kappa shape index (κ1) is 22.2. The number of hydrogen-bond donors (Lipinski definition) is 2. The van der Waals surface area contributed by atoms with Gasteiger partial charge in [-0.15, -0.1) is 0 Å². The molecule has 0 saturated heterocycles. The zero-order chi connectivity index (χ0) is 23.1. The Morgan fingerprint density at radius 2 is 1.64 bits per heavy atom. The van der Waals surface area contributed by atoms with E-state index >= 15 is 0 Å². The van der Waals surface area contributed by atoms with Crippen LogP contribution in [0.15, 0.2) is 24.3 Å². The number of carboxylic acid groups (broad SMARTS) is 1. The summed E-state index contributed by atoms with van der Waals surface area (Å²) in [6.45, 7) is 4.65. The second-order valence-corrected chi connectivity index (χ2v) is 10.4. The van der Waals surface area contributed by atoms with Crippen LogP contribution in [0.3, 0.4) is 0 Å². The third kappa shape index (κ3) is 4.32. The largest absolute Gasteiger partial charge is 0.481 e. The fraction of sp³-hybridized carbons (Fsp3) is 0.593. The van der Waals surface area contributed by atoms with Gasteiger partial charge in [0.25, 0.3) is 0 Å². The van der Waals surface area contributed by atoms with Crippen molar-refractivity contribution in [3.8, 4) is 0 Å². The zero-order valence-electron chi connectivity index (χ0n) is 19.7. The van der Waals surface area contributed by atoms with E-state index in [4.69, 9.17) is 5.10 Å². The van der Waals surface area contributed by atoms with Crippen LogP contribution >= 0.6 is 0 Å². The highest BCUT2D eigenvalue weighted by Crippen LogP contribution is 2.56. The van der Waals surface area contributed by atoms with Gasteiger partial charge in [-0.3, -0.25) is 14.3 Å². The standard InChI is InChI=1S/C27H35N3O3/c1-3-23-22(14-25(31)32)24(4-2)30(29-23)15-16-5-7-21(8-6-16)28-27(33)26-19-10-17-9-18(12-19)13-20(26)11-17/h5-8,17-20,26H,3-4,9-15H2,1-2H3,(H,28,33)(H,31,32). The van der Waals surface area contributed by atoms with Crippen LogP contribution in [0.5, 0.6) is 0 Å². The van der Waals surface area contributed by atoms with E-state index < -0.39 is 5.97 Å². The number of rotatable bonds is 8. The second-order valence-electron chi connectivity index (χ2n) is 10.4. The average molecular weight is 450 g/mol. The first-order chi connectivity index (χ1) is 15.9. The number of benzene rings is 1. The molecule has 4 aliphatic carbocycles. The van der Waals surface area contributed by atoms with E-state index in [0.717, 1.165) is 52.9 Å². The molecule has 0 aliphatic heterocycles. The lowest BCUT2D eigenvalue weighted by molar-refractivity contribution is -0.136. The van der Waals surface area contributed by atoms with Crippen molar-refractivity contribution in [1.82, 2.24) is 9.78 Å². The van der Waals surface area contributed by atoms with Crippen molar-refractivity contribution in [2.24, 2.45) is 29.6 Å². The fourth-order valence-electron chi connectivity index (χ4n) is 7.20. The van der Waals surface area contributed by atoms with Gasteiger partial charge in [0, 0.05) is 22.9 Å². The summed E-state index contributed by atoms with van der Waals surface area (Å²) in [5.74, 6) is 2.49. The van der Waals surface area contributed by atoms with Gasteiger partial charge in [-0.05, 0) is 86.3 Å². The quantitative estimate of drug-likeness (QED) is 0.612. The third-order valence-corrected chi connectivity index (χ3v) is 8.33. The van der Waals surface area contributed by atoms with Crippen molar-refractivity contribution in [3.63, 3.8) is 0 Å². The first-order valence-corrected chi connectivity index (χ1v) is 12.6. The minimum Gasteiger partial charge on any atom is -0.481 e. The summed E-state index contributed by atoms with van der Waals surface area (Å²) in [6, 6.07) is 8.04. The van der Waals surface area contributed by atoms with Crippen molar-refractivity contribution in [2.45, 2.75) is 71.8 Å². The van der Waals surface area contributed by atoms with Gasteiger partial charge in [-0.2, -0.15) is 5.10 Å². The molecule has 2 N–H and O–H groups in total. The van der Waals surface area contributed by atoms with Gasteiger partial charge in [0.05, 0.1) is 18.7 Å². The molecule has 6 heteroatoms. The van der Waals surface area contributed by atoms with Gasteiger partial charge in [0.15, 0.2) is 0 Å². The molecule has 6 nitrogen and oxygen atoms in total. The van der Waals surface area contributed by atoms with Crippen LogP contribution in [-0.4, -0.2) is 26.8 Å². The molecule has 4 aliphatic rings. The lowest BCUT2D eigenvalue weighted by Gasteiger charge is -2.53. The Morgan fingerprint density at radius 1 is 1.00 bits per heavy atom. The molecule has 4 saturated carbocycles. The minimum atomic E-state index is -0.821. The average Bonchev–Trinajstić information content (AvgIpc) is 3.09. The van der Waals surface area contributed by atoms with Crippen LogP contribution in [0.1, 0.15) is 68.5 Å². The number of amides is 1. The Bertz CT molecular complexity index is 1010. The Kier molecular flexibility index (Phi) is 6.02. The number of aromatic nitrogens is 2. The van der Waals surface area contributed by atoms with E-state index in [1.165, 1.54) is 32.1 Å². The molecule has 2 aromatic rings. The molecule has 0 radical (unpaired) electrons. The number of nitrogens with one attached hydrogen (secondary N) is 1. The molecule has 0 atom stereocenters. The van der Waals surface area contributed by atoms with Crippen LogP contribution in [0.25, 0.3) is 0 Å². The molecule has 176 valence electrons. The van der Waals surface area contributed by atoms with E-state index in [2.05, 4.69) is 5.32 Å². The molecule has 1 amide bonds. The zero-order valence-corrected chi connectivity index (χ0v) is 19.7. The highest BCUT2D eigenvalue weighted by atomic mass is 16.4. The summed E-state index contributed by atoms with van der Waals surface area (Å²) in [7, 11) is 0. The number of carbonyl (C=O) groups excluding carboxylic acids is 1. The van der Waals surface area contributed by atoms with Crippen LogP contribution in [0, 0.1) is 29.6 Å². The van der Waals surface area contributed by atoms with E-state index in [9.17, 15) is 14.7 Å². The van der Waals surface area contributed by atoms with Gasteiger partial charge in [-0.1, -0.05) is 26.0 Å². The maximum Gasteiger partial charge on any atom is 0.307 e.